The Morgan fingerprint density at radius 2 is 1.91 bits per heavy atom. The zero-order valence-corrected chi connectivity index (χ0v) is 12.3. The fourth-order valence-corrected chi connectivity index (χ4v) is 2.35. The number of rotatable bonds is 4. The molecule has 0 radical (unpaired) electrons. The molecule has 0 atom stereocenters. The minimum Gasteiger partial charge on any atom is -0.496 e. The summed E-state index contributed by atoms with van der Waals surface area (Å²) in [5.74, 6) is 1.95. The van der Waals surface area contributed by atoms with E-state index < -0.39 is 0 Å². The molecule has 1 N–H and O–H groups in total. The van der Waals surface area contributed by atoms with Gasteiger partial charge < -0.3 is 19.5 Å². The summed E-state index contributed by atoms with van der Waals surface area (Å²) in [6, 6.07) is 12.8. The van der Waals surface area contributed by atoms with Crippen LogP contribution in [0.5, 0.6) is 17.2 Å². The fraction of sp³-hybridized carbons (Fsp3) is 0.235. The summed E-state index contributed by atoms with van der Waals surface area (Å²) >= 11 is 0. The summed E-state index contributed by atoms with van der Waals surface area (Å²) in [7, 11) is 1.59. The largest absolute Gasteiger partial charge is 0.496 e. The van der Waals surface area contributed by atoms with E-state index in [1.807, 2.05) is 24.3 Å². The summed E-state index contributed by atoms with van der Waals surface area (Å²) in [5.41, 5.74) is 1.53. The van der Waals surface area contributed by atoms with Gasteiger partial charge in [0.05, 0.1) is 13.5 Å². The normalized spacial score (nSPS) is 12.6. The molecule has 3 rings (SSSR count). The molecule has 5 heteroatoms. The second-order valence-corrected chi connectivity index (χ2v) is 4.90. The van der Waals surface area contributed by atoms with Crippen molar-refractivity contribution >= 4 is 11.6 Å². The van der Waals surface area contributed by atoms with Crippen molar-refractivity contribution in [1.29, 1.82) is 0 Å². The molecule has 0 unspecified atom stereocenters. The van der Waals surface area contributed by atoms with E-state index in [9.17, 15) is 4.79 Å². The average Bonchev–Trinajstić information content (AvgIpc) is 2.55. The van der Waals surface area contributed by atoms with Crippen LogP contribution in [0.3, 0.4) is 0 Å². The van der Waals surface area contributed by atoms with Gasteiger partial charge >= 0.3 is 0 Å². The predicted molar refractivity (Wildman–Crippen MR) is 82.8 cm³/mol. The van der Waals surface area contributed by atoms with Gasteiger partial charge in [-0.1, -0.05) is 18.2 Å². The topological polar surface area (TPSA) is 56.8 Å². The van der Waals surface area contributed by atoms with Gasteiger partial charge in [0.2, 0.25) is 5.91 Å². The van der Waals surface area contributed by atoms with Gasteiger partial charge in [-0.25, -0.2) is 0 Å². The number of nitrogens with one attached hydrogen (secondary N) is 1. The van der Waals surface area contributed by atoms with Gasteiger partial charge in [-0.2, -0.15) is 0 Å². The molecule has 1 amide bonds. The number of methoxy groups -OCH3 is 1. The lowest BCUT2D eigenvalue weighted by Gasteiger charge is -2.19. The summed E-state index contributed by atoms with van der Waals surface area (Å²) in [6.07, 6.45) is 0.248. The van der Waals surface area contributed by atoms with Crippen molar-refractivity contribution in [2.45, 2.75) is 6.42 Å². The second kappa shape index (κ2) is 6.39. The first-order valence-corrected chi connectivity index (χ1v) is 7.07. The molecule has 22 heavy (non-hydrogen) atoms. The van der Waals surface area contributed by atoms with Crippen LogP contribution in [0.4, 0.5) is 5.69 Å². The van der Waals surface area contributed by atoms with Crippen LogP contribution in [0.1, 0.15) is 5.56 Å². The van der Waals surface area contributed by atoms with Crippen LogP contribution in [0, 0.1) is 0 Å². The maximum absolute atomic E-state index is 12.2. The Hall–Kier alpha value is -2.69. The highest BCUT2D eigenvalue weighted by atomic mass is 16.6. The van der Waals surface area contributed by atoms with E-state index in [2.05, 4.69) is 5.32 Å². The smallest absolute Gasteiger partial charge is 0.228 e. The summed E-state index contributed by atoms with van der Waals surface area (Å²) in [5, 5.41) is 2.86. The van der Waals surface area contributed by atoms with Crippen molar-refractivity contribution in [3.63, 3.8) is 0 Å². The third kappa shape index (κ3) is 3.14. The van der Waals surface area contributed by atoms with Gasteiger partial charge in [0.15, 0.2) is 11.5 Å². The first-order chi connectivity index (χ1) is 10.8. The van der Waals surface area contributed by atoms with E-state index in [-0.39, 0.29) is 12.3 Å². The minimum atomic E-state index is -0.110. The SMILES string of the molecule is COc1ccccc1CC(=O)Nc1ccc2c(c1)OCCO2. The Bertz CT molecular complexity index is 684. The van der Waals surface area contributed by atoms with Gasteiger partial charge in [-0.15, -0.1) is 0 Å². The average molecular weight is 299 g/mol. The Labute approximate surface area is 128 Å². The molecule has 1 aliphatic heterocycles. The molecule has 2 aromatic carbocycles. The number of anilines is 1. The molecule has 5 nitrogen and oxygen atoms in total. The van der Waals surface area contributed by atoms with E-state index in [4.69, 9.17) is 14.2 Å². The third-order valence-corrected chi connectivity index (χ3v) is 3.37. The number of amides is 1. The number of benzene rings is 2. The molecule has 0 spiro atoms. The maximum Gasteiger partial charge on any atom is 0.228 e. The summed E-state index contributed by atoms with van der Waals surface area (Å²) < 4.78 is 16.2. The van der Waals surface area contributed by atoms with Crippen LogP contribution in [-0.2, 0) is 11.2 Å². The Morgan fingerprint density at radius 3 is 2.73 bits per heavy atom. The molecule has 0 aromatic heterocycles. The summed E-state index contributed by atoms with van der Waals surface area (Å²) in [4.78, 5) is 12.2. The number of para-hydroxylation sites is 1. The van der Waals surface area contributed by atoms with Crippen LogP contribution >= 0.6 is 0 Å². The molecular formula is C17H17NO4. The van der Waals surface area contributed by atoms with Crippen LogP contribution in [0.25, 0.3) is 0 Å². The quantitative estimate of drug-likeness (QED) is 0.943. The number of ether oxygens (including phenoxy) is 3. The Kier molecular flexibility index (Phi) is 4.14. The molecule has 0 saturated heterocycles. The van der Waals surface area contributed by atoms with Crippen molar-refractivity contribution in [3.05, 3.63) is 48.0 Å². The van der Waals surface area contributed by atoms with Crippen LogP contribution < -0.4 is 19.5 Å². The Morgan fingerprint density at radius 1 is 1.14 bits per heavy atom. The van der Waals surface area contributed by atoms with E-state index in [0.29, 0.717) is 36.1 Å². The monoisotopic (exact) mass is 299 g/mol. The number of hydrogen-bond donors (Lipinski definition) is 1. The first kappa shape index (κ1) is 14.3. The predicted octanol–water partition coefficient (Wildman–Crippen LogP) is 2.65. The standard InChI is InChI=1S/C17H17NO4/c1-20-14-5-3-2-4-12(14)10-17(19)18-13-6-7-15-16(11-13)22-9-8-21-15/h2-7,11H,8-10H2,1H3,(H,18,19). The highest BCUT2D eigenvalue weighted by molar-refractivity contribution is 5.93. The fourth-order valence-electron chi connectivity index (χ4n) is 2.35. The lowest BCUT2D eigenvalue weighted by Crippen LogP contribution is -2.17. The maximum atomic E-state index is 12.2. The van der Waals surface area contributed by atoms with Gasteiger partial charge in [0.25, 0.3) is 0 Å². The number of carbonyl (C=O) groups is 1. The zero-order chi connectivity index (χ0) is 15.4. The third-order valence-electron chi connectivity index (χ3n) is 3.37. The molecular weight excluding hydrogens is 282 g/mol. The molecule has 1 aliphatic rings. The molecule has 2 aromatic rings. The number of hydrogen-bond acceptors (Lipinski definition) is 4. The molecule has 0 aliphatic carbocycles. The minimum absolute atomic E-state index is 0.110. The van der Waals surface area contributed by atoms with Crippen molar-refractivity contribution in [1.82, 2.24) is 0 Å². The highest BCUT2D eigenvalue weighted by Crippen LogP contribution is 2.32. The molecule has 0 saturated carbocycles. The lowest BCUT2D eigenvalue weighted by atomic mass is 10.1. The van der Waals surface area contributed by atoms with Crippen LogP contribution in [0.15, 0.2) is 42.5 Å². The zero-order valence-electron chi connectivity index (χ0n) is 12.3. The lowest BCUT2D eigenvalue weighted by molar-refractivity contribution is -0.115. The molecule has 0 bridgehead atoms. The first-order valence-electron chi connectivity index (χ1n) is 7.07. The highest BCUT2D eigenvalue weighted by Gasteiger charge is 2.13. The number of carbonyl (C=O) groups excluding carboxylic acids is 1. The van der Waals surface area contributed by atoms with E-state index in [1.54, 1.807) is 25.3 Å². The van der Waals surface area contributed by atoms with E-state index in [1.165, 1.54) is 0 Å². The Balaban J connectivity index is 1.69. The van der Waals surface area contributed by atoms with Gasteiger partial charge in [0, 0.05) is 17.3 Å². The number of fused-ring (bicyclic) bond motifs is 1. The van der Waals surface area contributed by atoms with Gasteiger partial charge in [0.1, 0.15) is 19.0 Å². The van der Waals surface area contributed by atoms with E-state index in [0.717, 1.165) is 5.56 Å². The van der Waals surface area contributed by atoms with Gasteiger partial charge in [-0.05, 0) is 18.2 Å². The second-order valence-electron chi connectivity index (χ2n) is 4.90. The molecule has 0 fully saturated rings. The molecule has 1 heterocycles. The van der Waals surface area contributed by atoms with Crippen molar-refractivity contribution in [3.8, 4) is 17.2 Å². The van der Waals surface area contributed by atoms with Crippen molar-refractivity contribution < 1.29 is 19.0 Å². The van der Waals surface area contributed by atoms with Crippen LogP contribution in [-0.4, -0.2) is 26.2 Å². The van der Waals surface area contributed by atoms with Crippen LogP contribution in [0.2, 0.25) is 0 Å². The van der Waals surface area contributed by atoms with Crippen molar-refractivity contribution in [2.24, 2.45) is 0 Å². The summed E-state index contributed by atoms with van der Waals surface area (Å²) in [6.45, 7) is 1.07. The molecule has 114 valence electrons. The van der Waals surface area contributed by atoms with E-state index >= 15 is 0 Å². The van der Waals surface area contributed by atoms with Crippen molar-refractivity contribution in [2.75, 3.05) is 25.6 Å². The van der Waals surface area contributed by atoms with Gasteiger partial charge in [-0.3, -0.25) is 4.79 Å².